The molecule has 24 heavy (non-hydrogen) atoms. The first kappa shape index (κ1) is 15.7. The molecule has 2 heterocycles. The van der Waals surface area contributed by atoms with E-state index < -0.39 is 0 Å². The van der Waals surface area contributed by atoms with Crippen LogP contribution in [-0.2, 0) is 6.54 Å². The van der Waals surface area contributed by atoms with Gasteiger partial charge >= 0.3 is 0 Å². The zero-order chi connectivity index (χ0) is 16.4. The predicted octanol–water partition coefficient (Wildman–Crippen LogP) is 4.03. The first-order valence-corrected chi connectivity index (χ1v) is 9.19. The number of aliphatic hydroxyl groups excluding tert-OH is 1. The third-order valence-corrected chi connectivity index (χ3v) is 5.24. The molecule has 1 saturated heterocycles. The van der Waals surface area contributed by atoms with Gasteiger partial charge in [0.2, 0.25) is 0 Å². The minimum absolute atomic E-state index is 0.331. The van der Waals surface area contributed by atoms with Crippen LogP contribution in [0.1, 0.15) is 25.7 Å². The number of benzene rings is 2. The van der Waals surface area contributed by atoms with E-state index in [1.54, 1.807) is 0 Å². The van der Waals surface area contributed by atoms with Crippen molar-refractivity contribution in [3.8, 4) is 0 Å². The molecule has 0 spiro atoms. The first-order chi connectivity index (χ1) is 11.8. The maximum atomic E-state index is 10.7. The van der Waals surface area contributed by atoms with E-state index in [0.717, 1.165) is 19.6 Å². The van der Waals surface area contributed by atoms with Gasteiger partial charge in [-0.15, -0.1) is 0 Å². The molecule has 0 bridgehead atoms. The lowest BCUT2D eigenvalue weighted by molar-refractivity contribution is 0.102. The van der Waals surface area contributed by atoms with E-state index in [1.807, 2.05) is 0 Å². The van der Waals surface area contributed by atoms with Gasteiger partial charge in [-0.25, -0.2) is 0 Å². The molecule has 1 fully saturated rings. The molecule has 3 nitrogen and oxygen atoms in total. The van der Waals surface area contributed by atoms with Gasteiger partial charge in [-0.1, -0.05) is 49.2 Å². The molecule has 1 atom stereocenters. The summed E-state index contributed by atoms with van der Waals surface area (Å²) in [6.07, 6.45) is 4.87. The van der Waals surface area contributed by atoms with E-state index in [-0.39, 0.29) is 6.10 Å². The molecule has 2 aromatic carbocycles. The summed E-state index contributed by atoms with van der Waals surface area (Å²) < 4.78 is 2.28. The van der Waals surface area contributed by atoms with Gasteiger partial charge in [-0.3, -0.25) is 0 Å². The topological polar surface area (TPSA) is 28.4 Å². The van der Waals surface area contributed by atoms with Crippen LogP contribution in [0.15, 0.2) is 48.5 Å². The second kappa shape index (κ2) is 6.96. The van der Waals surface area contributed by atoms with Crippen LogP contribution in [0, 0.1) is 0 Å². The van der Waals surface area contributed by atoms with Crippen LogP contribution in [-0.4, -0.2) is 40.3 Å². The lowest BCUT2D eigenvalue weighted by atomic mass is 10.2. The van der Waals surface area contributed by atoms with E-state index in [2.05, 4.69) is 58.0 Å². The number of hydrogen-bond acceptors (Lipinski definition) is 2. The Morgan fingerprint density at radius 2 is 1.29 bits per heavy atom. The molecule has 1 aliphatic rings. The number of para-hydroxylation sites is 2. The summed E-state index contributed by atoms with van der Waals surface area (Å²) in [5.41, 5.74) is 2.43. The molecule has 4 rings (SSSR count). The SMILES string of the molecule is O[C@H](CN1CCCCCC1)Cn1c2ccccc2c2ccccc21. The van der Waals surface area contributed by atoms with Crippen LogP contribution < -0.4 is 0 Å². The van der Waals surface area contributed by atoms with E-state index >= 15 is 0 Å². The molecule has 1 aliphatic heterocycles. The van der Waals surface area contributed by atoms with Crippen molar-refractivity contribution in [3.05, 3.63) is 48.5 Å². The van der Waals surface area contributed by atoms with Gasteiger partial charge in [0.05, 0.1) is 12.6 Å². The number of β-amino-alcohol motifs (C(OH)–C–C–N with tert-alkyl or cyclic N) is 1. The number of rotatable bonds is 4. The fraction of sp³-hybridized carbons (Fsp3) is 0.429. The lowest BCUT2D eigenvalue weighted by Crippen LogP contribution is -2.35. The molecule has 0 unspecified atom stereocenters. The van der Waals surface area contributed by atoms with Gasteiger partial charge in [-0.05, 0) is 38.1 Å². The number of likely N-dealkylation sites (tertiary alicyclic amines) is 1. The van der Waals surface area contributed by atoms with Crippen molar-refractivity contribution in [3.63, 3.8) is 0 Å². The summed E-state index contributed by atoms with van der Waals surface area (Å²) in [7, 11) is 0. The van der Waals surface area contributed by atoms with Crippen molar-refractivity contribution in [2.75, 3.05) is 19.6 Å². The maximum Gasteiger partial charge on any atom is 0.0845 e. The van der Waals surface area contributed by atoms with Crippen molar-refractivity contribution in [2.45, 2.75) is 38.3 Å². The highest BCUT2D eigenvalue weighted by atomic mass is 16.3. The highest BCUT2D eigenvalue weighted by Gasteiger charge is 2.17. The van der Waals surface area contributed by atoms with E-state index in [9.17, 15) is 5.11 Å². The van der Waals surface area contributed by atoms with Crippen LogP contribution in [0.5, 0.6) is 0 Å². The van der Waals surface area contributed by atoms with Gasteiger partial charge in [0.25, 0.3) is 0 Å². The van der Waals surface area contributed by atoms with Crippen LogP contribution in [0.4, 0.5) is 0 Å². The maximum absolute atomic E-state index is 10.7. The number of fused-ring (bicyclic) bond motifs is 3. The molecule has 3 heteroatoms. The van der Waals surface area contributed by atoms with Crippen molar-refractivity contribution >= 4 is 21.8 Å². The molecular weight excluding hydrogens is 296 g/mol. The number of nitrogens with zero attached hydrogens (tertiary/aromatic N) is 2. The number of aromatic nitrogens is 1. The summed E-state index contributed by atoms with van der Waals surface area (Å²) in [5.74, 6) is 0. The average molecular weight is 322 g/mol. The Labute approximate surface area is 143 Å². The second-order valence-corrected chi connectivity index (χ2v) is 7.01. The monoisotopic (exact) mass is 322 g/mol. The van der Waals surface area contributed by atoms with Crippen molar-refractivity contribution in [2.24, 2.45) is 0 Å². The Kier molecular flexibility index (Phi) is 4.54. The van der Waals surface area contributed by atoms with Gasteiger partial charge in [0, 0.05) is 28.4 Å². The minimum atomic E-state index is -0.331. The Balaban J connectivity index is 1.60. The molecule has 3 aromatic rings. The summed E-state index contributed by atoms with van der Waals surface area (Å²) in [4.78, 5) is 2.44. The van der Waals surface area contributed by atoms with Gasteiger partial charge in [0.15, 0.2) is 0 Å². The van der Waals surface area contributed by atoms with Crippen LogP contribution in [0.3, 0.4) is 0 Å². The molecule has 0 aliphatic carbocycles. The highest BCUT2D eigenvalue weighted by Crippen LogP contribution is 2.28. The van der Waals surface area contributed by atoms with E-state index in [0.29, 0.717) is 6.54 Å². The predicted molar refractivity (Wildman–Crippen MR) is 100 cm³/mol. The van der Waals surface area contributed by atoms with E-state index in [1.165, 1.54) is 47.5 Å². The van der Waals surface area contributed by atoms with Gasteiger partial charge < -0.3 is 14.6 Å². The van der Waals surface area contributed by atoms with Gasteiger partial charge in [0.1, 0.15) is 0 Å². The Hall–Kier alpha value is -1.84. The molecular formula is C21H26N2O. The summed E-state index contributed by atoms with van der Waals surface area (Å²) in [6.45, 7) is 3.69. The van der Waals surface area contributed by atoms with Crippen LogP contribution in [0.2, 0.25) is 0 Å². The zero-order valence-corrected chi connectivity index (χ0v) is 14.2. The first-order valence-electron chi connectivity index (χ1n) is 9.19. The quantitative estimate of drug-likeness (QED) is 0.785. The molecule has 126 valence electrons. The van der Waals surface area contributed by atoms with Crippen LogP contribution >= 0.6 is 0 Å². The average Bonchev–Trinajstić information content (AvgIpc) is 2.76. The lowest BCUT2D eigenvalue weighted by Gasteiger charge is -2.24. The fourth-order valence-electron chi connectivity index (χ4n) is 4.09. The Morgan fingerprint density at radius 3 is 1.88 bits per heavy atom. The second-order valence-electron chi connectivity index (χ2n) is 7.01. The third kappa shape index (κ3) is 3.06. The molecule has 1 aromatic heterocycles. The Morgan fingerprint density at radius 1 is 0.750 bits per heavy atom. The fourth-order valence-corrected chi connectivity index (χ4v) is 4.09. The number of aliphatic hydroxyl groups is 1. The summed E-state index contributed by atoms with van der Waals surface area (Å²) >= 11 is 0. The van der Waals surface area contributed by atoms with E-state index in [4.69, 9.17) is 0 Å². The summed E-state index contributed by atoms with van der Waals surface area (Å²) in [6, 6.07) is 17.0. The summed E-state index contributed by atoms with van der Waals surface area (Å²) in [5, 5.41) is 13.3. The molecule has 0 radical (unpaired) electrons. The Bertz CT molecular complexity index is 762. The van der Waals surface area contributed by atoms with Crippen molar-refractivity contribution < 1.29 is 5.11 Å². The minimum Gasteiger partial charge on any atom is -0.390 e. The molecule has 1 N–H and O–H groups in total. The largest absolute Gasteiger partial charge is 0.390 e. The van der Waals surface area contributed by atoms with Crippen molar-refractivity contribution in [1.29, 1.82) is 0 Å². The molecule has 0 saturated carbocycles. The van der Waals surface area contributed by atoms with Gasteiger partial charge in [-0.2, -0.15) is 0 Å². The number of hydrogen-bond donors (Lipinski definition) is 1. The van der Waals surface area contributed by atoms with Crippen LogP contribution in [0.25, 0.3) is 21.8 Å². The third-order valence-electron chi connectivity index (χ3n) is 5.24. The normalized spacial score (nSPS) is 18.0. The standard InChI is InChI=1S/C21H26N2O/c24-17(15-22-13-7-1-2-8-14-22)16-23-20-11-5-3-9-18(20)19-10-4-6-12-21(19)23/h3-6,9-12,17,24H,1-2,7-8,13-16H2/t17-/m1/s1. The highest BCUT2D eigenvalue weighted by molar-refractivity contribution is 6.07. The van der Waals surface area contributed by atoms with Crippen molar-refractivity contribution in [1.82, 2.24) is 9.47 Å². The zero-order valence-electron chi connectivity index (χ0n) is 14.2. The molecule has 0 amide bonds. The smallest absolute Gasteiger partial charge is 0.0845 e.